The summed E-state index contributed by atoms with van der Waals surface area (Å²) in [5.41, 5.74) is 1.24. The van der Waals surface area contributed by atoms with Crippen molar-refractivity contribution in [2.75, 3.05) is 11.1 Å². The lowest BCUT2D eigenvalue weighted by molar-refractivity contribution is -0.116. The van der Waals surface area contributed by atoms with Gasteiger partial charge in [-0.25, -0.2) is 4.39 Å². The molecule has 1 heterocycles. The highest BCUT2D eigenvalue weighted by atomic mass is 35.5. The van der Waals surface area contributed by atoms with Gasteiger partial charge in [0, 0.05) is 23.3 Å². The van der Waals surface area contributed by atoms with Gasteiger partial charge in [0.25, 0.3) is 0 Å². The molecule has 0 saturated heterocycles. The van der Waals surface area contributed by atoms with Gasteiger partial charge < -0.3 is 15.2 Å². The molecule has 3 aromatic rings. The minimum absolute atomic E-state index is 0.0829. The molecule has 0 aliphatic rings. The molecule has 0 radical (unpaired) electrons. The highest BCUT2D eigenvalue weighted by Gasteiger charge is 2.14. The number of amides is 2. The Morgan fingerprint density at radius 1 is 1.15 bits per heavy atom. The van der Waals surface area contributed by atoms with Gasteiger partial charge in [-0.15, -0.1) is 16.8 Å². The summed E-state index contributed by atoms with van der Waals surface area (Å²) in [6.45, 7) is 4.30. The summed E-state index contributed by atoms with van der Waals surface area (Å²) < 4.78 is 14.7. The van der Waals surface area contributed by atoms with E-state index >= 15 is 0 Å². The van der Waals surface area contributed by atoms with Crippen molar-refractivity contribution in [3.05, 3.63) is 89.5 Å². The lowest BCUT2D eigenvalue weighted by atomic mass is 10.2. The Kier molecular flexibility index (Phi) is 8.79. The first-order chi connectivity index (χ1) is 16.0. The Hall–Kier alpha value is -3.43. The van der Waals surface area contributed by atoms with Crippen molar-refractivity contribution in [2.45, 2.75) is 18.2 Å². The summed E-state index contributed by atoms with van der Waals surface area (Å²) in [4.78, 5) is 24.4. The van der Waals surface area contributed by atoms with Crippen molar-refractivity contribution in [2.24, 2.45) is 0 Å². The number of nitrogens with zero attached hydrogens (tertiary/aromatic N) is 3. The summed E-state index contributed by atoms with van der Waals surface area (Å²) in [5.74, 6) is -0.343. The second-order valence-corrected chi connectivity index (χ2v) is 8.06. The molecule has 2 aromatic carbocycles. The molecule has 0 fully saturated rings. The van der Waals surface area contributed by atoms with Crippen LogP contribution >= 0.6 is 23.4 Å². The van der Waals surface area contributed by atoms with Crippen molar-refractivity contribution >= 4 is 46.9 Å². The molecular formula is C23H21ClFN5O2S. The zero-order chi connectivity index (χ0) is 23.6. The summed E-state index contributed by atoms with van der Waals surface area (Å²) >= 11 is 7.28. The molecule has 0 aliphatic carbocycles. The van der Waals surface area contributed by atoms with Crippen LogP contribution in [-0.2, 0) is 22.7 Å². The number of anilines is 1. The van der Waals surface area contributed by atoms with Gasteiger partial charge in [0.15, 0.2) is 11.0 Å². The normalized spacial score (nSPS) is 10.8. The molecule has 0 atom stereocenters. The van der Waals surface area contributed by atoms with Gasteiger partial charge >= 0.3 is 0 Å². The van der Waals surface area contributed by atoms with Crippen LogP contribution in [0.2, 0.25) is 5.02 Å². The first kappa shape index (κ1) is 24.2. The molecule has 2 N–H and O–H groups in total. The maximum absolute atomic E-state index is 13.0. The number of nitrogens with one attached hydrogen (secondary N) is 2. The maximum atomic E-state index is 13.0. The SMILES string of the molecule is C=CCn1c(CNC(=O)/C=C/c2ccccc2Cl)nnc1SCC(=O)Nc1ccc(F)cc1. The van der Waals surface area contributed by atoms with E-state index in [0.717, 1.165) is 5.56 Å². The van der Waals surface area contributed by atoms with Crippen molar-refractivity contribution in [3.63, 3.8) is 0 Å². The molecule has 170 valence electrons. The molecule has 3 rings (SSSR count). The van der Waals surface area contributed by atoms with Gasteiger partial charge in [-0.1, -0.05) is 47.6 Å². The van der Waals surface area contributed by atoms with Crippen LogP contribution in [0.5, 0.6) is 0 Å². The molecule has 0 saturated carbocycles. The van der Waals surface area contributed by atoms with Crippen LogP contribution in [0.3, 0.4) is 0 Å². The summed E-state index contributed by atoms with van der Waals surface area (Å²) in [6, 6.07) is 12.7. The predicted molar refractivity (Wildman–Crippen MR) is 128 cm³/mol. The second-order valence-electron chi connectivity index (χ2n) is 6.71. The first-order valence-corrected chi connectivity index (χ1v) is 11.2. The number of rotatable bonds is 10. The fraction of sp³-hybridized carbons (Fsp3) is 0.130. The number of carbonyl (C=O) groups excluding carboxylic acids is 2. The molecule has 0 aliphatic heterocycles. The van der Waals surface area contributed by atoms with Crippen LogP contribution in [0, 0.1) is 5.82 Å². The largest absolute Gasteiger partial charge is 0.345 e. The van der Waals surface area contributed by atoms with Gasteiger partial charge in [0.05, 0.1) is 12.3 Å². The van der Waals surface area contributed by atoms with Gasteiger partial charge in [-0.3, -0.25) is 9.59 Å². The fourth-order valence-electron chi connectivity index (χ4n) is 2.73. The molecule has 0 bridgehead atoms. The van der Waals surface area contributed by atoms with Gasteiger partial charge in [0.2, 0.25) is 11.8 Å². The van der Waals surface area contributed by atoms with E-state index in [9.17, 15) is 14.0 Å². The molecule has 0 spiro atoms. The summed E-state index contributed by atoms with van der Waals surface area (Å²) in [5, 5.41) is 14.8. The zero-order valence-corrected chi connectivity index (χ0v) is 19.1. The topological polar surface area (TPSA) is 88.9 Å². The fourth-order valence-corrected chi connectivity index (χ4v) is 3.70. The minimum Gasteiger partial charge on any atom is -0.345 e. The van der Waals surface area contributed by atoms with E-state index < -0.39 is 0 Å². The van der Waals surface area contributed by atoms with E-state index in [0.29, 0.717) is 28.2 Å². The molecule has 10 heteroatoms. The second kappa shape index (κ2) is 12.0. The van der Waals surface area contributed by atoms with E-state index in [1.807, 2.05) is 18.2 Å². The molecule has 7 nitrogen and oxygen atoms in total. The number of allylic oxidation sites excluding steroid dienone is 1. The third-order valence-corrected chi connectivity index (χ3v) is 5.62. The lowest BCUT2D eigenvalue weighted by Crippen LogP contribution is -2.23. The first-order valence-electron chi connectivity index (χ1n) is 9.88. The third kappa shape index (κ3) is 7.30. The smallest absolute Gasteiger partial charge is 0.244 e. The van der Waals surface area contributed by atoms with E-state index in [4.69, 9.17) is 11.6 Å². The van der Waals surface area contributed by atoms with Crippen molar-refractivity contribution in [1.82, 2.24) is 20.1 Å². The molecule has 1 aromatic heterocycles. The Bertz CT molecular complexity index is 1160. The summed E-state index contributed by atoms with van der Waals surface area (Å²) in [6.07, 6.45) is 4.70. The highest BCUT2D eigenvalue weighted by Crippen LogP contribution is 2.19. The van der Waals surface area contributed by atoms with Crippen LogP contribution < -0.4 is 10.6 Å². The molecule has 0 unspecified atom stereocenters. The minimum atomic E-state index is -0.376. The monoisotopic (exact) mass is 485 g/mol. The lowest BCUT2D eigenvalue weighted by Gasteiger charge is -2.08. The standard InChI is InChI=1S/C23H21ClFN5O2S/c1-2-13-30-20(14-26-21(31)12-7-16-5-3-4-6-19(16)24)28-29-23(30)33-15-22(32)27-18-10-8-17(25)9-11-18/h2-12H,1,13-15H2,(H,26,31)(H,27,32)/b12-7+. The van der Waals surface area contributed by atoms with Crippen molar-refractivity contribution in [3.8, 4) is 0 Å². The average Bonchev–Trinajstić information content (AvgIpc) is 3.19. The van der Waals surface area contributed by atoms with Gasteiger partial charge in [-0.05, 0) is 42.0 Å². The van der Waals surface area contributed by atoms with E-state index in [-0.39, 0.29) is 29.9 Å². The maximum Gasteiger partial charge on any atom is 0.244 e. The van der Waals surface area contributed by atoms with Crippen molar-refractivity contribution in [1.29, 1.82) is 0 Å². The number of benzene rings is 2. The number of aromatic nitrogens is 3. The van der Waals surface area contributed by atoms with E-state index in [1.165, 1.54) is 42.1 Å². The van der Waals surface area contributed by atoms with Gasteiger partial charge in [-0.2, -0.15) is 0 Å². The van der Waals surface area contributed by atoms with Crippen LogP contribution in [-0.4, -0.2) is 32.3 Å². The number of thioether (sulfide) groups is 1. The Morgan fingerprint density at radius 2 is 1.91 bits per heavy atom. The zero-order valence-electron chi connectivity index (χ0n) is 17.5. The highest BCUT2D eigenvalue weighted by molar-refractivity contribution is 7.99. The van der Waals surface area contributed by atoms with Crippen molar-refractivity contribution < 1.29 is 14.0 Å². The van der Waals surface area contributed by atoms with Gasteiger partial charge in [0.1, 0.15) is 5.82 Å². The van der Waals surface area contributed by atoms with Crippen LogP contribution in [0.25, 0.3) is 6.08 Å². The van der Waals surface area contributed by atoms with E-state index in [1.54, 1.807) is 22.8 Å². The van der Waals surface area contributed by atoms with Crippen LogP contribution in [0.15, 0.2) is 72.4 Å². The summed E-state index contributed by atoms with van der Waals surface area (Å²) in [7, 11) is 0. The van der Waals surface area contributed by atoms with Crippen LogP contribution in [0.4, 0.5) is 10.1 Å². The predicted octanol–water partition coefficient (Wildman–Crippen LogP) is 4.32. The van der Waals surface area contributed by atoms with Crippen LogP contribution in [0.1, 0.15) is 11.4 Å². The third-order valence-electron chi connectivity index (χ3n) is 4.31. The number of hydrogen-bond acceptors (Lipinski definition) is 5. The van der Waals surface area contributed by atoms with E-state index in [2.05, 4.69) is 27.4 Å². The number of carbonyl (C=O) groups is 2. The Balaban J connectivity index is 1.56. The Labute approximate surface area is 199 Å². The molecule has 33 heavy (non-hydrogen) atoms. The number of halogens is 2. The number of hydrogen-bond donors (Lipinski definition) is 2. The average molecular weight is 486 g/mol. The quantitative estimate of drug-likeness (QED) is 0.254. The molecular weight excluding hydrogens is 465 g/mol. The Morgan fingerprint density at radius 3 is 2.64 bits per heavy atom. The molecule has 2 amide bonds.